The number of carbonyl (C=O) groups excluding carboxylic acids is 1. The number of hydrogen-bond acceptors (Lipinski definition) is 10. The van der Waals surface area contributed by atoms with Gasteiger partial charge in [-0.2, -0.15) is 0 Å². The molecule has 11 heteroatoms. The first-order valence-electron chi connectivity index (χ1n) is 20.8. The molecular formula is C46H59N3O8. The molecule has 6 unspecified atom stereocenters. The highest BCUT2D eigenvalue weighted by molar-refractivity contribution is 6.03. The van der Waals surface area contributed by atoms with Gasteiger partial charge in [0.25, 0.3) is 0 Å². The maximum Gasteiger partial charge on any atom is 0.410 e. The minimum atomic E-state index is -1.38. The van der Waals surface area contributed by atoms with Gasteiger partial charge in [-0.3, -0.25) is 9.80 Å². The molecule has 2 heterocycles. The second-order valence-electron chi connectivity index (χ2n) is 15.6. The van der Waals surface area contributed by atoms with Crippen LogP contribution in [0.5, 0.6) is 11.5 Å². The Bertz CT molecular complexity index is 1910. The Morgan fingerprint density at radius 1 is 1.05 bits per heavy atom. The highest BCUT2D eigenvalue weighted by atomic mass is 16.7. The van der Waals surface area contributed by atoms with Crippen LogP contribution in [0.4, 0.5) is 4.79 Å². The summed E-state index contributed by atoms with van der Waals surface area (Å²) in [6, 6.07) is 19.7. The number of nitrogens with zero attached hydrogens (tertiary/aromatic N) is 3. The van der Waals surface area contributed by atoms with Gasteiger partial charge in [0.1, 0.15) is 30.8 Å². The van der Waals surface area contributed by atoms with Crippen molar-refractivity contribution in [3.63, 3.8) is 0 Å². The number of aliphatic hydroxyl groups excluding tert-OH is 2. The molecule has 0 radical (unpaired) electrons. The first kappa shape index (κ1) is 40.8. The Balaban J connectivity index is 1.43. The number of amides is 1. The van der Waals surface area contributed by atoms with Crippen LogP contribution in [0.15, 0.2) is 90.1 Å². The monoisotopic (exact) mass is 781 g/mol. The summed E-state index contributed by atoms with van der Waals surface area (Å²) < 4.78 is 26.4. The van der Waals surface area contributed by atoms with Crippen LogP contribution in [-0.4, -0.2) is 103 Å². The van der Waals surface area contributed by atoms with Gasteiger partial charge in [0.05, 0.1) is 31.9 Å². The van der Waals surface area contributed by atoms with E-state index in [2.05, 4.69) is 47.9 Å². The third kappa shape index (κ3) is 8.72. The summed E-state index contributed by atoms with van der Waals surface area (Å²) in [6.07, 6.45) is 8.70. The number of fused-ring (bicyclic) bond motifs is 3. The van der Waals surface area contributed by atoms with E-state index in [0.717, 1.165) is 84.3 Å². The van der Waals surface area contributed by atoms with Crippen LogP contribution < -0.4 is 9.47 Å². The maximum atomic E-state index is 14.3. The highest BCUT2D eigenvalue weighted by Gasteiger charge is 2.65. The lowest BCUT2D eigenvalue weighted by Gasteiger charge is -2.59. The number of carbonyl (C=O) groups is 1. The molecule has 57 heavy (non-hydrogen) atoms. The summed E-state index contributed by atoms with van der Waals surface area (Å²) in [5, 5.41) is 26.7. The fourth-order valence-corrected chi connectivity index (χ4v) is 9.50. The quantitative estimate of drug-likeness (QED) is 0.0521. The summed E-state index contributed by atoms with van der Waals surface area (Å²) >= 11 is 0. The highest BCUT2D eigenvalue weighted by Crippen LogP contribution is 2.62. The fourth-order valence-electron chi connectivity index (χ4n) is 9.50. The van der Waals surface area contributed by atoms with E-state index >= 15 is 0 Å². The molecular weight excluding hydrogens is 723 g/mol. The van der Waals surface area contributed by atoms with E-state index in [1.165, 1.54) is 7.11 Å². The minimum absolute atomic E-state index is 0.114. The Morgan fingerprint density at radius 2 is 1.84 bits per heavy atom. The van der Waals surface area contributed by atoms with E-state index in [4.69, 9.17) is 28.9 Å². The molecule has 1 saturated heterocycles. The zero-order valence-electron chi connectivity index (χ0n) is 33.5. The van der Waals surface area contributed by atoms with Crippen LogP contribution in [0, 0.1) is 17.8 Å². The van der Waals surface area contributed by atoms with E-state index in [1.807, 2.05) is 37.3 Å². The van der Waals surface area contributed by atoms with Gasteiger partial charge in [-0.15, -0.1) is 6.58 Å². The van der Waals surface area contributed by atoms with Crippen LogP contribution in [-0.2, 0) is 20.9 Å². The van der Waals surface area contributed by atoms with Gasteiger partial charge in [0.2, 0.25) is 5.79 Å². The molecule has 3 aromatic carbocycles. The van der Waals surface area contributed by atoms with Crippen molar-refractivity contribution in [2.24, 2.45) is 22.9 Å². The summed E-state index contributed by atoms with van der Waals surface area (Å²) in [4.78, 5) is 24.3. The van der Waals surface area contributed by atoms with Crippen molar-refractivity contribution in [1.29, 1.82) is 0 Å². The molecule has 1 saturated carbocycles. The summed E-state index contributed by atoms with van der Waals surface area (Å²) in [5.41, 5.74) is 3.74. The molecule has 0 bridgehead atoms. The molecule has 0 spiro atoms. The Kier molecular flexibility index (Phi) is 13.5. The van der Waals surface area contributed by atoms with Crippen LogP contribution in [0.25, 0.3) is 10.8 Å². The Hall–Kier alpha value is -4.42. The number of benzene rings is 3. The van der Waals surface area contributed by atoms with Crippen molar-refractivity contribution >= 4 is 22.6 Å². The second kappa shape index (κ2) is 18.9. The largest absolute Gasteiger partial charge is 0.492 e. The summed E-state index contributed by atoms with van der Waals surface area (Å²) in [7, 11) is 1.41. The Morgan fingerprint density at radius 3 is 2.60 bits per heavy atom. The predicted octanol–water partition coefficient (Wildman–Crippen LogP) is 7.46. The molecule has 2 aliphatic carbocycles. The van der Waals surface area contributed by atoms with Crippen molar-refractivity contribution in [3.8, 4) is 11.5 Å². The number of rotatable bonds is 20. The van der Waals surface area contributed by atoms with Crippen molar-refractivity contribution in [3.05, 3.63) is 96.1 Å². The molecule has 2 N–H and O–H groups in total. The van der Waals surface area contributed by atoms with Crippen LogP contribution in [0.1, 0.15) is 68.9 Å². The standard InChI is InChI=1S/C46H59N3O8/c1-4-26-55-46-42(49(45(52)53-3)31-34-16-12-15-32-13-6-7-17-36(32)34)30-40(47-56-5-2)38-28-33(14-8-10-24-50)37(18-9-11-25-51)43(44(38)46)39-29-35(19-20-41(39)57-46)54-27-23-48-21-22-48/h4,6-7,12-13,15-17,19-20,28-29,33,37,42-44,50-51H,1,5,8-11,14,18,21-27,30-31H2,2-3H3. The van der Waals surface area contributed by atoms with E-state index in [9.17, 15) is 15.0 Å². The zero-order valence-corrected chi connectivity index (χ0v) is 33.5. The number of unbranched alkanes of at least 4 members (excludes halogenated alkanes) is 2. The van der Waals surface area contributed by atoms with Gasteiger partial charge in [-0.1, -0.05) is 72.6 Å². The molecule has 4 aliphatic rings. The second-order valence-corrected chi connectivity index (χ2v) is 15.6. The lowest BCUT2D eigenvalue weighted by atomic mass is 9.55. The molecule has 0 aromatic heterocycles. The van der Waals surface area contributed by atoms with Gasteiger partial charge in [-0.05, 0) is 84.6 Å². The molecule has 2 fully saturated rings. The smallest absolute Gasteiger partial charge is 0.410 e. The first-order chi connectivity index (χ1) is 28.0. The lowest BCUT2D eigenvalue weighted by molar-refractivity contribution is -0.256. The molecule has 3 aromatic rings. The van der Waals surface area contributed by atoms with Gasteiger partial charge in [0, 0.05) is 50.8 Å². The number of ether oxygens (including phenoxy) is 4. The number of oxime groups is 1. The molecule has 6 atom stereocenters. The van der Waals surface area contributed by atoms with Crippen LogP contribution in [0.3, 0.4) is 0 Å². The number of aliphatic hydroxyl groups is 2. The van der Waals surface area contributed by atoms with Gasteiger partial charge < -0.3 is 34.0 Å². The van der Waals surface area contributed by atoms with E-state index < -0.39 is 23.8 Å². The van der Waals surface area contributed by atoms with Crippen molar-refractivity contribution < 1.29 is 38.8 Å². The Labute approximate surface area is 336 Å². The third-order valence-electron chi connectivity index (χ3n) is 12.2. The number of allylic oxidation sites excluding steroid dienone is 1. The van der Waals surface area contributed by atoms with Crippen molar-refractivity contribution in [2.45, 2.75) is 76.2 Å². The molecule has 1 amide bonds. The predicted molar refractivity (Wildman–Crippen MR) is 220 cm³/mol. The molecule has 7 rings (SSSR count). The van der Waals surface area contributed by atoms with Crippen LogP contribution in [0.2, 0.25) is 0 Å². The van der Waals surface area contributed by atoms with Gasteiger partial charge >= 0.3 is 6.09 Å². The molecule has 2 aliphatic heterocycles. The third-order valence-corrected chi connectivity index (χ3v) is 12.2. The number of hydrogen-bond donors (Lipinski definition) is 2. The number of methoxy groups -OCH3 is 1. The van der Waals surface area contributed by atoms with E-state index in [-0.39, 0.29) is 50.5 Å². The topological polar surface area (TPSA) is 122 Å². The zero-order chi connectivity index (χ0) is 39.8. The summed E-state index contributed by atoms with van der Waals surface area (Å²) in [5.74, 6) is -0.216. The average Bonchev–Trinajstić information content (AvgIpc) is 4.07. The normalized spacial score (nSPS) is 25.5. The average molecular weight is 782 g/mol. The summed E-state index contributed by atoms with van der Waals surface area (Å²) in [6.45, 7) is 10.7. The fraction of sp³-hybridized carbons (Fsp3) is 0.522. The van der Waals surface area contributed by atoms with Gasteiger partial charge in [-0.25, -0.2) is 4.79 Å². The van der Waals surface area contributed by atoms with Crippen LogP contribution >= 0.6 is 0 Å². The van der Waals surface area contributed by atoms with Gasteiger partial charge in [0.15, 0.2) is 0 Å². The van der Waals surface area contributed by atoms with E-state index in [0.29, 0.717) is 31.8 Å². The minimum Gasteiger partial charge on any atom is -0.492 e. The first-order valence-corrected chi connectivity index (χ1v) is 20.8. The lowest BCUT2D eigenvalue weighted by Crippen LogP contribution is -2.70. The van der Waals surface area contributed by atoms with Crippen molar-refractivity contribution in [1.82, 2.24) is 9.80 Å². The maximum absolute atomic E-state index is 14.3. The van der Waals surface area contributed by atoms with Crippen molar-refractivity contribution in [2.75, 3.05) is 59.8 Å². The molecule has 306 valence electrons. The van der Waals surface area contributed by atoms with E-state index in [1.54, 1.807) is 11.0 Å². The molecule has 11 nitrogen and oxygen atoms in total. The SMILES string of the molecule is C=CCOC12Oc3ccc(OCCN4CC4)cc3C3C(CCCCO)C(CCCCO)C=C(C(=NOCC)CC1N(Cc1cccc4ccccc14)C(=O)OC)C32.